The second kappa shape index (κ2) is 62.5. The molecule has 0 radical (unpaired) electrons. The molecular weight excluding hydrogens is 1630 g/mol. The highest BCUT2D eigenvalue weighted by atomic mass is 33.7. The lowest BCUT2D eigenvalue weighted by atomic mass is 9.47. The summed E-state index contributed by atoms with van der Waals surface area (Å²) in [6, 6.07) is 0. The zero-order valence-corrected chi connectivity index (χ0v) is 78.0. The molecule has 91 heavy (non-hydrogen) atoms. The third-order valence-corrected chi connectivity index (χ3v) is 67.1. The van der Waals surface area contributed by atoms with Gasteiger partial charge in [0.25, 0.3) is 0 Å². The summed E-state index contributed by atoms with van der Waals surface area (Å²) in [7, 11) is 24.0. The van der Waals surface area contributed by atoms with Crippen LogP contribution in [0.2, 0.25) is 0 Å². The molecule has 1 saturated carbocycles. The summed E-state index contributed by atoms with van der Waals surface area (Å²) in [5.41, 5.74) is 0.225. The largest absolute Gasteiger partial charge is 0.512 e. The first kappa shape index (κ1) is 96.5. The maximum Gasteiger partial charge on any atom is 0.512 e. The van der Waals surface area contributed by atoms with Crippen LogP contribution in [0.15, 0.2) is 0 Å². The molecule has 1 rings (SSSR count). The van der Waals surface area contributed by atoms with Crippen LogP contribution in [-0.2, 0) is 66.4 Å². The second-order valence-corrected chi connectivity index (χ2v) is 64.9. The van der Waals surface area contributed by atoms with Gasteiger partial charge in [-0.3, -0.25) is 0 Å². The average molecular weight is 1750 g/mol. The molecule has 0 aromatic carbocycles. The topological polar surface area (TPSA) is 138 Å². The molecule has 0 saturated heterocycles. The van der Waals surface area contributed by atoms with E-state index in [0.717, 1.165) is 55.6 Å². The van der Waals surface area contributed by atoms with Gasteiger partial charge in [0.2, 0.25) is 0 Å². The molecule has 15 nitrogen and oxygen atoms in total. The van der Waals surface area contributed by atoms with E-state index >= 15 is 0 Å². The van der Waals surface area contributed by atoms with Crippen molar-refractivity contribution < 1.29 is 66.4 Å². The Morgan fingerprint density at radius 1 is 0.264 bits per heavy atom. The molecule has 1 aliphatic carbocycles. The predicted molar refractivity (Wildman–Crippen MR) is 449 cm³/mol. The van der Waals surface area contributed by atoms with Crippen LogP contribution < -0.4 is 0 Å². The van der Waals surface area contributed by atoms with Crippen LogP contribution in [0.4, 0.5) is 0 Å². The smallest absolute Gasteiger partial charge is 0.373 e. The van der Waals surface area contributed by atoms with Crippen LogP contribution in [0, 0.1) is 16.7 Å². The Kier molecular flexibility index (Phi) is 66.3. The number of hydrogen-bond acceptors (Lipinski definition) is 35. The van der Waals surface area contributed by atoms with E-state index in [1.807, 2.05) is 310 Å². The van der Waals surface area contributed by atoms with E-state index < -0.39 is 44.0 Å². The standard InChI is InChI=1S/C51H112O15S20Si5/c1-16-52-87(53-17-2,54-18-3)44-72-82-77-67-39-33-49-32-31-34-50(35-40-68-78-83-73-45-88(55-19-4,56-20-5)57-21-6,36-41-69-79-84-74-46-89(58-22-7,59-23-8)60-24-9)51(49,37-42-70-80-85-75-47-90(61-25-10,62-26-11)63-27-12)38-43-71-81-86-76-48-91(64-28-13,65-29-14)66-30-15/h49H,16-48H2,1-15H3. The van der Waals surface area contributed by atoms with Crippen molar-refractivity contribution in [1.29, 1.82) is 0 Å². The van der Waals surface area contributed by atoms with Gasteiger partial charge in [-0.1, -0.05) is 114 Å². The van der Waals surface area contributed by atoms with Crippen LogP contribution in [0.25, 0.3) is 0 Å². The molecule has 1 unspecified atom stereocenters. The van der Waals surface area contributed by atoms with Gasteiger partial charge < -0.3 is 66.4 Å². The minimum atomic E-state index is -2.78. The molecule has 1 atom stereocenters. The quantitative estimate of drug-likeness (QED) is 0.0324. The summed E-state index contributed by atoms with van der Waals surface area (Å²) in [6.07, 6.45) is 9.59. The lowest BCUT2D eigenvalue weighted by Crippen LogP contribution is -2.52. The molecule has 0 N–H and O–H groups in total. The molecule has 0 bridgehead atoms. The van der Waals surface area contributed by atoms with Crippen molar-refractivity contribution in [3.63, 3.8) is 0 Å². The van der Waals surface area contributed by atoms with E-state index in [1.54, 1.807) is 0 Å². The lowest BCUT2D eigenvalue weighted by Gasteiger charge is -2.59. The molecule has 0 aliphatic heterocycles. The van der Waals surface area contributed by atoms with Crippen molar-refractivity contribution in [1.82, 2.24) is 0 Å². The molecular formula is C51H112O15S20Si5. The zero-order chi connectivity index (χ0) is 67.2. The first-order valence-corrected chi connectivity index (χ1v) is 67.2. The van der Waals surface area contributed by atoms with Gasteiger partial charge in [0, 0.05) is 128 Å². The third kappa shape index (κ3) is 40.3. The maximum atomic E-state index is 6.24. The highest BCUT2D eigenvalue weighted by Crippen LogP contribution is 2.65. The fourth-order valence-corrected chi connectivity index (χ4v) is 66.0. The van der Waals surface area contributed by atoms with Crippen LogP contribution >= 0.6 is 206 Å². The summed E-state index contributed by atoms with van der Waals surface area (Å²) in [6.45, 7) is 39.1. The van der Waals surface area contributed by atoms with Crippen molar-refractivity contribution in [3.05, 3.63) is 0 Å². The monoisotopic (exact) mass is 1740 g/mol. The van der Waals surface area contributed by atoms with E-state index in [9.17, 15) is 0 Å². The van der Waals surface area contributed by atoms with Gasteiger partial charge in [0.15, 0.2) is 0 Å². The average Bonchev–Trinajstić information content (AvgIpc) is 0.759. The van der Waals surface area contributed by atoms with Gasteiger partial charge in [-0.2, -0.15) is 0 Å². The molecule has 546 valence electrons. The van der Waals surface area contributed by atoms with E-state index in [1.165, 1.54) is 51.4 Å². The SMILES string of the molecule is CCO[Si](CSSSSCCC1CCCC(CCSSSSC[Si](OCC)(OCC)OCC)(CCSSSSC[Si](OCC)(OCC)OCC)C1(CCSSSSC[Si](OCC)(OCC)OCC)CCSSSSC[Si](OCC)(OCC)OCC)(OCC)OCC. The first-order valence-electron chi connectivity index (χ1n) is 31.8. The lowest BCUT2D eigenvalue weighted by molar-refractivity contribution is -0.0771. The fourth-order valence-electron chi connectivity index (χ4n) is 10.5. The van der Waals surface area contributed by atoms with Crippen LogP contribution in [-0.4, -0.2) is 199 Å². The van der Waals surface area contributed by atoms with Gasteiger partial charge in [-0.05, 0) is 264 Å². The Morgan fingerprint density at radius 3 is 0.681 bits per heavy atom. The van der Waals surface area contributed by atoms with Crippen LogP contribution in [0.3, 0.4) is 0 Å². The van der Waals surface area contributed by atoms with E-state index in [2.05, 4.69) is 0 Å². The first-order chi connectivity index (χ1) is 44.3. The Labute approximate surface area is 635 Å². The van der Waals surface area contributed by atoms with Crippen molar-refractivity contribution in [3.8, 4) is 0 Å². The molecule has 0 aromatic rings. The Bertz CT molecular complexity index is 1510. The van der Waals surface area contributed by atoms with Crippen molar-refractivity contribution in [2.75, 3.05) is 155 Å². The molecule has 40 heteroatoms. The van der Waals surface area contributed by atoms with Gasteiger partial charge in [0.05, 0.1) is 26.9 Å². The van der Waals surface area contributed by atoms with Gasteiger partial charge >= 0.3 is 44.0 Å². The van der Waals surface area contributed by atoms with Crippen molar-refractivity contribution >= 4 is 250 Å². The highest BCUT2D eigenvalue weighted by Gasteiger charge is 2.56. The molecule has 0 aromatic heterocycles. The summed E-state index contributed by atoms with van der Waals surface area (Å²) in [5, 5.41) is 3.60. The maximum absolute atomic E-state index is 6.24. The second-order valence-electron chi connectivity index (χ2n) is 18.8. The number of hydrogen-bond donors (Lipinski definition) is 0. The Balaban J connectivity index is 3.84. The minimum absolute atomic E-state index is 0.101. The Morgan fingerprint density at radius 2 is 0.462 bits per heavy atom. The molecule has 0 spiro atoms. The van der Waals surface area contributed by atoms with E-state index in [4.69, 9.17) is 66.4 Å². The van der Waals surface area contributed by atoms with Crippen molar-refractivity contribution in [2.45, 2.75) is 155 Å². The molecule has 0 amide bonds. The number of rotatable bonds is 70. The van der Waals surface area contributed by atoms with Crippen molar-refractivity contribution in [2.24, 2.45) is 16.7 Å². The Hall–Kier alpha value is 7.48. The summed E-state index contributed by atoms with van der Waals surface area (Å²) >= 11 is 0. The van der Waals surface area contributed by atoms with Crippen LogP contribution in [0.1, 0.15) is 155 Å². The molecule has 1 fully saturated rings. The highest BCUT2D eigenvalue weighted by molar-refractivity contribution is 9.28. The van der Waals surface area contributed by atoms with Gasteiger partial charge in [-0.25, -0.2) is 0 Å². The van der Waals surface area contributed by atoms with Crippen LogP contribution in [0.5, 0.6) is 0 Å². The summed E-state index contributed by atoms with van der Waals surface area (Å²) < 4.78 is 93.5. The van der Waals surface area contributed by atoms with E-state index in [-0.39, 0.29) is 10.8 Å². The zero-order valence-electron chi connectivity index (χ0n) is 56.7. The van der Waals surface area contributed by atoms with E-state index in [0.29, 0.717) is 105 Å². The summed E-state index contributed by atoms with van der Waals surface area (Å²) in [4.78, 5) is 0. The van der Waals surface area contributed by atoms with Gasteiger partial charge in [0.1, 0.15) is 0 Å². The summed E-state index contributed by atoms with van der Waals surface area (Å²) in [5.74, 6) is 5.95. The molecule has 1 aliphatic rings. The van der Waals surface area contributed by atoms with Gasteiger partial charge in [-0.15, -0.1) is 0 Å². The normalized spacial score (nSPS) is 15.8. The third-order valence-electron chi connectivity index (χ3n) is 13.4. The fraction of sp³-hybridized carbons (Fsp3) is 1.00. The molecule has 0 heterocycles. The minimum Gasteiger partial charge on any atom is -0.373 e. The predicted octanol–water partition coefficient (Wildman–Crippen LogP) is 22.0.